The second-order valence-electron chi connectivity index (χ2n) is 8.18. The summed E-state index contributed by atoms with van der Waals surface area (Å²) in [7, 11) is 0. The van der Waals surface area contributed by atoms with Gasteiger partial charge in [0.25, 0.3) is 0 Å². The van der Waals surface area contributed by atoms with E-state index in [-0.39, 0.29) is 0 Å². The van der Waals surface area contributed by atoms with Gasteiger partial charge in [-0.3, -0.25) is 0 Å². The molecule has 0 N–H and O–H groups in total. The molecule has 2 aliphatic carbocycles. The monoisotopic (exact) mass is 326 g/mol. The van der Waals surface area contributed by atoms with Crippen LogP contribution in [-0.4, -0.2) is 19.6 Å². The molecule has 130 valence electrons. The summed E-state index contributed by atoms with van der Waals surface area (Å²) in [5.41, 5.74) is 2.33. The van der Waals surface area contributed by atoms with E-state index in [0.717, 1.165) is 29.6 Å². The Balaban J connectivity index is 1.75. The van der Waals surface area contributed by atoms with Crippen LogP contribution in [0, 0.1) is 5.92 Å². The Morgan fingerprint density at radius 3 is 2.38 bits per heavy atom. The highest BCUT2D eigenvalue weighted by atomic mass is 15.3. The lowest BCUT2D eigenvalue weighted by atomic mass is 9.83. The Bertz CT molecular complexity index is 691. The second-order valence-corrected chi connectivity index (χ2v) is 8.18. The fourth-order valence-corrected chi connectivity index (χ4v) is 4.18. The smallest absolute Gasteiger partial charge is 0.162 e. The van der Waals surface area contributed by atoms with Crippen molar-refractivity contribution in [2.24, 2.45) is 5.92 Å². The zero-order valence-electron chi connectivity index (χ0n) is 15.2. The lowest BCUT2D eigenvalue weighted by molar-refractivity contribution is 0.306. The summed E-state index contributed by atoms with van der Waals surface area (Å²) in [6.45, 7) is 4.46. The second kappa shape index (κ2) is 6.81. The number of aromatic nitrogens is 4. The zero-order valence-corrected chi connectivity index (χ0v) is 15.2. The Morgan fingerprint density at radius 2 is 1.75 bits per heavy atom. The van der Waals surface area contributed by atoms with Crippen LogP contribution >= 0.6 is 0 Å². The summed E-state index contributed by atoms with van der Waals surface area (Å²) >= 11 is 0. The minimum absolute atomic E-state index is 0.455. The van der Waals surface area contributed by atoms with Crippen molar-refractivity contribution in [1.82, 2.24) is 19.6 Å². The van der Waals surface area contributed by atoms with Crippen molar-refractivity contribution in [1.29, 1.82) is 0 Å². The van der Waals surface area contributed by atoms with Gasteiger partial charge in [-0.05, 0) is 24.7 Å². The van der Waals surface area contributed by atoms with Gasteiger partial charge in [-0.25, -0.2) is 14.5 Å². The molecule has 0 spiro atoms. The van der Waals surface area contributed by atoms with Crippen molar-refractivity contribution in [3.63, 3.8) is 0 Å². The van der Waals surface area contributed by atoms with Gasteiger partial charge in [-0.2, -0.15) is 5.10 Å². The highest BCUT2D eigenvalue weighted by Gasteiger charge is 2.24. The fraction of sp³-hybridized carbons (Fsp3) is 0.750. The third-order valence-corrected chi connectivity index (χ3v) is 6.02. The standard InChI is InChI=1S/C20H30N4/c1-14(2)17-13-21-24-18(12-15-8-7-9-15)22-19(23-20(17)24)16-10-5-3-4-6-11-16/h13-16H,3-12H2,1-2H3. The SMILES string of the molecule is CC(C)c1cnn2c(CC3CCC3)nc(C3CCCCCC3)nc12. The zero-order chi connectivity index (χ0) is 16.5. The van der Waals surface area contributed by atoms with E-state index >= 15 is 0 Å². The third-order valence-electron chi connectivity index (χ3n) is 6.02. The number of nitrogens with zero attached hydrogens (tertiary/aromatic N) is 4. The Morgan fingerprint density at radius 1 is 1.00 bits per heavy atom. The van der Waals surface area contributed by atoms with Gasteiger partial charge in [-0.15, -0.1) is 0 Å². The quantitative estimate of drug-likeness (QED) is 0.740. The number of rotatable bonds is 4. The molecule has 2 fully saturated rings. The molecule has 0 atom stereocenters. The van der Waals surface area contributed by atoms with Crippen LogP contribution in [0.4, 0.5) is 0 Å². The molecule has 4 nitrogen and oxygen atoms in total. The molecule has 0 amide bonds. The van der Waals surface area contributed by atoms with Crippen molar-refractivity contribution in [3.8, 4) is 0 Å². The summed E-state index contributed by atoms with van der Waals surface area (Å²) in [5, 5.41) is 4.65. The van der Waals surface area contributed by atoms with Crippen LogP contribution in [-0.2, 0) is 6.42 Å². The van der Waals surface area contributed by atoms with Gasteiger partial charge in [0.05, 0.1) is 6.20 Å². The van der Waals surface area contributed by atoms with Crippen LogP contribution in [0.5, 0.6) is 0 Å². The maximum atomic E-state index is 5.05. The normalized spacial score (nSPS) is 20.5. The predicted molar refractivity (Wildman–Crippen MR) is 96.4 cm³/mol. The Hall–Kier alpha value is -1.45. The largest absolute Gasteiger partial charge is 0.218 e. The van der Waals surface area contributed by atoms with E-state index in [9.17, 15) is 0 Å². The molecule has 4 rings (SSSR count). The van der Waals surface area contributed by atoms with E-state index in [0.29, 0.717) is 11.8 Å². The van der Waals surface area contributed by atoms with Crippen molar-refractivity contribution < 1.29 is 0 Å². The average Bonchev–Trinajstić information content (AvgIpc) is 2.77. The molecule has 0 aromatic carbocycles. The molecule has 2 aromatic heterocycles. The Kier molecular flexibility index (Phi) is 4.55. The van der Waals surface area contributed by atoms with Crippen molar-refractivity contribution >= 4 is 5.65 Å². The molecule has 0 aliphatic heterocycles. The minimum atomic E-state index is 0.455. The van der Waals surface area contributed by atoms with Gasteiger partial charge in [-0.1, -0.05) is 58.8 Å². The summed E-state index contributed by atoms with van der Waals surface area (Å²) in [5.74, 6) is 4.05. The van der Waals surface area contributed by atoms with Crippen molar-refractivity contribution in [2.75, 3.05) is 0 Å². The van der Waals surface area contributed by atoms with Crippen molar-refractivity contribution in [2.45, 2.75) is 89.9 Å². The summed E-state index contributed by atoms with van der Waals surface area (Å²) in [6.07, 6.45) is 15.1. The maximum absolute atomic E-state index is 5.05. The molecular weight excluding hydrogens is 296 g/mol. The molecule has 0 radical (unpaired) electrons. The maximum Gasteiger partial charge on any atom is 0.162 e. The number of hydrogen-bond acceptors (Lipinski definition) is 3. The van der Waals surface area contributed by atoms with E-state index in [2.05, 4.69) is 18.9 Å². The number of hydrogen-bond donors (Lipinski definition) is 0. The molecular formula is C20H30N4. The topological polar surface area (TPSA) is 43.1 Å². The van der Waals surface area contributed by atoms with Crippen LogP contribution < -0.4 is 0 Å². The molecule has 2 heterocycles. The van der Waals surface area contributed by atoms with Crippen LogP contribution in [0.15, 0.2) is 6.20 Å². The number of fused-ring (bicyclic) bond motifs is 1. The molecule has 0 saturated heterocycles. The van der Waals surface area contributed by atoms with Crippen LogP contribution in [0.3, 0.4) is 0 Å². The average molecular weight is 326 g/mol. The van der Waals surface area contributed by atoms with E-state index in [1.165, 1.54) is 63.4 Å². The van der Waals surface area contributed by atoms with E-state index in [4.69, 9.17) is 9.97 Å². The first kappa shape index (κ1) is 16.0. The molecule has 2 saturated carbocycles. The van der Waals surface area contributed by atoms with Gasteiger partial charge < -0.3 is 0 Å². The van der Waals surface area contributed by atoms with Gasteiger partial charge in [0.1, 0.15) is 11.6 Å². The molecule has 2 aliphatic rings. The minimum Gasteiger partial charge on any atom is -0.218 e. The van der Waals surface area contributed by atoms with Crippen molar-refractivity contribution in [3.05, 3.63) is 23.4 Å². The summed E-state index contributed by atoms with van der Waals surface area (Å²) in [6, 6.07) is 0. The van der Waals surface area contributed by atoms with Gasteiger partial charge in [0.15, 0.2) is 5.65 Å². The predicted octanol–water partition coefficient (Wildman–Crippen LogP) is 5.03. The molecule has 0 bridgehead atoms. The Labute approximate surface area is 145 Å². The molecule has 24 heavy (non-hydrogen) atoms. The first-order valence-corrected chi connectivity index (χ1v) is 9.97. The highest BCUT2D eigenvalue weighted by molar-refractivity contribution is 5.48. The van der Waals surface area contributed by atoms with E-state index in [1.807, 2.05) is 10.7 Å². The van der Waals surface area contributed by atoms with Gasteiger partial charge >= 0.3 is 0 Å². The third kappa shape index (κ3) is 3.07. The van der Waals surface area contributed by atoms with E-state index < -0.39 is 0 Å². The van der Waals surface area contributed by atoms with Crippen LogP contribution in [0.25, 0.3) is 5.65 Å². The van der Waals surface area contributed by atoms with Gasteiger partial charge in [0.2, 0.25) is 0 Å². The fourth-order valence-electron chi connectivity index (χ4n) is 4.18. The molecule has 0 unspecified atom stereocenters. The highest BCUT2D eigenvalue weighted by Crippen LogP contribution is 2.33. The van der Waals surface area contributed by atoms with Gasteiger partial charge in [0, 0.05) is 17.9 Å². The lowest BCUT2D eigenvalue weighted by Gasteiger charge is -2.25. The molecule has 2 aromatic rings. The first-order chi connectivity index (χ1) is 11.7. The lowest BCUT2D eigenvalue weighted by Crippen LogP contribution is -2.19. The summed E-state index contributed by atoms with van der Waals surface area (Å²) in [4.78, 5) is 10.1. The van der Waals surface area contributed by atoms with E-state index in [1.54, 1.807) is 0 Å². The first-order valence-electron chi connectivity index (χ1n) is 9.97. The molecule has 4 heteroatoms. The summed E-state index contributed by atoms with van der Waals surface area (Å²) < 4.78 is 2.04. The van der Waals surface area contributed by atoms with Crippen LogP contribution in [0.1, 0.15) is 101 Å². The van der Waals surface area contributed by atoms with Crippen LogP contribution in [0.2, 0.25) is 0 Å².